The Morgan fingerprint density at radius 1 is 1.24 bits per heavy atom. The van der Waals surface area contributed by atoms with Crippen molar-refractivity contribution in [1.82, 2.24) is 4.90 Å². The van der Waals surface area contributed by atoms with Gasteiger partial charge in [-0.2, -0.15) is 5.26 Å². The third-order valence-electron chi connectivity index (χ3n) is 3.02. The number of aliphatic hydroxyl groups excluding tert-OH is 1. The van der Waals surface area contributed by atoms with E-state index in [1.54, 1.807) is 7.11 Å². The summed E-state index contributed by atoms with van der Waals surface area (Å²) in [5, 5.41) is 17.5. The highest BCUT2D eigenvalue weighted by Crippen LogP contribution is 2.11. The number of aliphatic hydroxyl groups is 1. The molecule has 0 aromatic heterocycles. The van der Waals surface area contributed by atoms with Crippen LogP contribution in [0.4, 0.5) is 0 Å². The number of nitrogens with zero attached hydrogens (tertiary/aromatic N) is 2. The smallest absolute Gasteiger partial charge is 0.0635 e. The minimum Gasteiger partial charge on any atom is -0.395 e. The number of methoxy groups -OCH3 is 1. The SMILES string of the molecule is COCCN(CCC#N)Cc1ccccc1C#CCCO. The minimum atomic E-state index is 0.0807. The molecule has 0 saturated heterocycles. The quantitative estimate of drug-likeness (QED) is 0.740. The van der Waals surface area contributed by atoms with Gasteiger partial charge in [-0.15, -0.1) is 0 Å². The summed E-state index contributed by atoms with van der Waals surface area (Å²) >= 11 is 0. The van der Waals surface area contributed by atoms with Crippen LogP contribution < -0.4 is 0 Å². The van der Waals surface area contributed by atoms with Gasteiger partial charge in [-0.05, 0) is 11.6 Å². The summed E-state index contributed by atoms with van der Waals surface area (Å²) in [6, 6.07) is 10.2. The van der Waals surface area contributed by atoms with E-state index in [4.69, 9.17) is 15.1 Å². The molecule has 1 aromatic carbocycles. The molecule has 4 heteroatoms. The van der Waals surface area contributed by atoms with Crippen LogP contribution in [0.3, 0.4) is 0 Å². The van der Waals surface area contributed by atoms with Gasteiger partial charge in [0.05, 0.1) is 19.3 Å². The Kier molecular flexibility index (Phi) is 8.91. The number of benzene rings is 1. The van der Waals surface area contributed by atoms with Crippen LogP contribution in [0.2, 0.25) is 0 Å². The van der Waals surface area contributed by atoms with Crippen molar-refractivity contribution in [2.75, 3.05) is 33.4 Å². The van der Waals surface area contributed by atoms with Crippen molar-refractivity contribution in [1.29, 1.82) is 5.26 Å². The van der Waals surface area contributed by atoms with Gasteiger partial charge in [-0.3, -0.25) is 4.90 Å². The number of rotatable bonds is 8. The second-order valence-electron chi connectivity index (χ2n) is 4.61. The molecule has 0 aliphatic heterocycles. The minimum absolute atomic E-state index is 0.0807. The largest absolute Gasteiger partial charge is 0.395 e. The van der Waals surface area contributed by atoms with Crippen molar-refractivity contribution < 1.29 is 9.84 Å². The Hall–Kier alpha value is -1.85. The molecule has 0 amide bonds. The summed E-state index contributed by atoms with van der Waals surface area (Å²) in [7, 11) is 1.68. The zero-order chi connectivity index (χ0) is 15.3. The Morgan fingerprint density at radius 3 is 2.76 bits per heavy atom. The van der Waals surface area contributed by atoms with Crippen molar-refractivity contribution in [2.24, 2.45) is 0 Å². The summed E-state index contributed by atoms with van der Waals surface area (Å²) < 4.78 is 5.12. The number of ether oxygens (including phenoxy) is 1. The Bertz CT molecular complexity index is 512. The Labute approximate surface area is 127 Å². The van der Waals surface area contributed by atoms with Crippen LogP contribution in [0.1, 0.15) is 24.0 Å². The number of hydrogen-bond donors (Lipinski definition) is 1. The predicted molar refractivity (Wildman–Crippen MR) is 82.4 cm³/mol. The van der Waals surface area contributed by atoms with Gasteiger partial charge in [0.1, 0.15) is 0 Å². The van der Waals surface area contributed by atoms with E-state index in [1.165, 1.54) is 0 Å². The van der Waals surface area contributed by atoms with E-state index in [9.17, 15) is 0 Å². The highest BCUT2D eigenvalue weighted by molar-refractivity contribution is 5.41. The van der Waals surface area contributed by atoms with E-state index in [0.29, 0.717) is 19.4 Å². The molecule has 1 N–H and O–H groups in total. The van der Waals surface area contributed by atoms with E-state index >= 15 is 0 Å². The van der Waals surface area contributed by atoms with E-state index < -0.39 is 0 Å². The fourth-order valence-electron chi connectivity index (χ4n) is 1.93. The lowest BCUT2D eigenvalue weighted by atomic mass is 10.1. The summed E-state index contributed by atoms with van der Waals surface area (Å²) in [4.78, 5) is 2.19. The molecule has 1 rings (SSSR count). The summed E-state index contributed by atoms with van der Waals surface area (Å²) in [6.45, 7) is 2.98. The molecule has 0 bridgehead atoms. The van der Waals surface area contributed by atoms with Gasteiger partial charge in [0.25, 0.3) is 0 Å². The van der Waals surface area contributed by atoms with Crippen molar-refractivity contribution >= 4 is 0 Å². The van der Waals surface area contributed by atoms with Crippen LogP contribution in [0.15, 0.2) is 24.3 Å². The highest BCUT2D eigenvalue weighted by Gasteiger charge is 2.08. The van der Waals surface area contributed by atoms with Crippen LogP contribution >= 0.6 is 0 Å². The number of nitriles is 1. The van der Waals surface area contributed by atoms with Crippen LogP contribution in [-0.4, -0.2) is 43.4 Å². The van der Waals surface area contributed by atoms with Gasteiger partial charge >= 0.3 is 0 Å². The average molecular weight is 286 g/mol. The van der Waals surface area contributed by atoms with Crippen LogP contribution in [0, 0.1) is 23.2 Å². The third kappa shape index (κ3) is 6.92. The molecule has 0 unspecified atom stereocenters. The molecular formula is C17H22N2O2. The Balaban J connectivity index is 2.78. The summed E-state index contributed by atoms with van der Waals surface area (Å²) in [6.07, 6.45) is 0.984. The fraction of sp³-hybridized carbons (Fsp3) is 0.471. The second kappa shape index (κ2) is 10.9. The predicted octanol–water partition coefficient (Wildman–Crippen LogP) is 1.78. The first-order chi connectivity index (χ1) is 10.3. The van der Waals surface area contributed by atoms with Crippen molar-refractivity contribution in [2.45, 2.75) is 19.4 Å². The highest BCUT2D eigenvalue weighted by atomic mass is 16.5. The molecule has 1 aromatic rings. The molecule has 0 saturated carbocycles. The van der Waals surface area contributed by atoms with Crippen molar-refractivity contribution in [3.8, 4) is 17.9 Å². The molecule has 0 heterocycles. The van der Waals surface area contributed by atoms with E-state index in [0.717, 1.165) is 30.8 Å². The van der Waals surface area contributed by atoms with E-state index in [2.05, 4.69) is 28.9 Å². The van der Waals surface area contributed by atoms with Crippen LogP contribution in [0.5, 0.6) is 0 Å². The van der Waals surface area contributed by atoms with Gasteiger partial charge in [0, 0.05) is 45.1 Å². The molecule has 112 valence electrons. The van der Waals surface area contributed by atoms with Crippen LogP contribution in [-0.2, 0) is 11.3 Å². The average Bonchev–Trinajstić information content (AvgIpc) is 2.51. The van der Waals surface area contributed by atoms with Gasteiger partial charge < -0.3 is 9.84 Å². The van der Waals surface area contributed by atoms with Crippen LogP contribution in [0.25, 0.3) is 0 Å². The molecule has 21 heavy (non-hydrogen) atoms. The number of hydrogen-bond acceptors (Lipinski definition) is 4. The first-order valence-electron chi connectivity index (χ1n) is 7.07. The lowest BCUT2D eigenvalue weighted by Gasteiger charge is -2.21. The van der Waals surface area contributed by atoms with E-state index in [1.807, 2.05) is 18.2 Å². The normalized spacial score (nSPS) is 10.0. The zero-order valence-corrected chi connectivity index (χ0v) is 12.5. The molecule has 0 fully saturated rings. The summed E-state index contributed by atoms with van der Waals surface area (Å²) in [5.41, 5.74) is 2.11. The zero-order valence-electron chi connectivity index (χ0n) is 12.5. The molecule has 0 spiro atoms. The fourth-order valence-corrected chi connectivity index (χ4v) is 1.93. The Morgan fingerprint density at radius 2 is 2.05 bits per heavy atom. The maximum Gasteiger partial charge on any atom is 0.0635 e. The third-order valence-corrected chi connectivity index (χ3v) is 3.02. The van der Waals surface area contributed by atoms with E-state index in [-0.39, 0.29) is 6.61 Å². The van der Waals surface area contributed by atoms with Gasteiger partial charge in [0.15, 0.2) is 0 Å². The maximum absolute atomic E-state index is 8.80. The summed E-state index contributed by atoms with van der Waals surface area (Å²) in [5.74, 6) is 6.05. The molecular weight excluding hydrogens is 264 g/mol. The van der Waals surface area contributed by atoms with Crippen molar-refractivity contribution in [3.63, 3.8) is 0 Å². The molecule has 0 atom stereocenters. The molecule has 0 aliphatic carbocycles. The van der Waals surface area contributed by atoms with Gasteiger partial charge in [0.2, 0.25) is 0 Å². The first kappa shape index (κ1) is 17.2. The maximum atomic E-state index is 8.80. The van der Waals surface area contributed by atoms with Gasteiger partial charge in [-0.1, -0.05) is 30.0 Å². The monoisotopic (exact) mass is 286 g/mol. The molecule has 0 aliphatic rings. The lowest BCUT2D eigenvalue weighted by Crippen LogP contribution is -2.28. The second-order valence-corrected chi connectivity index (χ2v) is 4.61. The topological polar surface area (TPSA) is 56.5 Å². The van der Waals surface area contributed by atoms with Crippen molar-refractivity contribution in [3.05, 3.63) is 35.4 Å². The molecule has 4 nitrogen and oxygen atoms in total. The molecule has 0 radical (unpaired) electrons. The van der Waals surface area contributed by atoms with Gasteiger partial charge in [-0.25, -0.2) is 0 Å². The first-order valence-corrected chi connectivity index (χ1v) is 7.07. The standard InChI is InChI=1S/C17H22N2O2/c1-21-14-12-19(11-6-10-18)15-17-9-3-2-7-16(17)8-4-5-13-20/h2-3,7,9,20H,5-6,11-15H2,1H3. The lowest BCUT2D eigenvalue weighted by molar-refractivity contribution is 0.145.